The van der Waals surface area contributed by atoms with Crippen LogP contribution in [0.3, 0.4) is 0 Å². The molecular formula is C24H32N4O3. The van der Waals surface area contributed by atoms with E-state index in [0.29, 0.717) is 31.0 Å². The van der Waals surface area contributed by atoms with E-state index in [4.69, 9.17) is 0 Å². The summed E-state index contributed by atoms with van der Waals surface area (Å²) in [4.78, 5) is 26.1. The van der Waals surface area contributed by atoms with Crippen LogP contribution in [0, 0.1) is 23.2 Å². The number of benzene rings is 1. The van der Waals surface area contributed by atoms with Crippen LogP contribution in [-0.4, -0.2) is 40.2 Å². The van der Waals surface area contributed by atoms with Gasteiger partial charge in [0.25, 0.3) is 5.91 Å². The van der Waals surface area contributed by atoms with Crippen LogP contribution in [0.2, 0.25) is 0 Å². The third-order valence-electron chi connectivity index (χ3n) is 5.97. The second kappa shape index (κ2) is 10.5. The van der Waals surface area contributed by atoms with Crippen molar-refractivity contribution < 1.29 is 14.7 Å². The molecule has 1 aliphatic rings. The van der Waals surface area contributed by atoms with E-state index < -0.39 is 6.04 Å². The Morgan fingerprint density at radius 2 is 2.00 bits per heavy atom. The summed E-state index contributed by atoms with van der Waals surface area (Å²) < 4.78 is 1.82. The Hall–Kier alpha value is -2.85. The molecule has 0 saturated heterocycles. The van der Waals surface area contributed by atoms with Crippen LogP contribution >= 0.6 is 0 Å². The maximum atomic E-state index is 13.2. The number of carbonyl (C=O) groups is 2. The van der Waals surface area contributed by atoms with Gasteiger partial charge in [0.05, 0.1) is 18.6 Å². The summed E-state index contributed by atoms with van der Waals surface area (Å²) in [6.45, 7) is 4.29. The lowest BCUT2D eigenvalue weighted by molar-refractivity contribution is -0.127. The molecule has 3 rings (SSSR count). The van der Waals surface area contributed by atoms with Crippen molar-refractivity contribution in [2.75, 3.05) is 6.61 Å². The van der Waals surface area contributed by atoms with Crippen molar-refractivity contribution in [3.05, 3.63) is 36.0 Å². The quantitative estimate of drug-likeness (QED) is 0.605. The number of fused-ring (bicyclic) bond motifs is 1. The Labute approximate surface area is 183 Å². The highest BCUT2D eigenvalue weighted by Gasteiger charge is 2.33. The lowest BCUT2D eigenvalue weighted by atomic mass is 9.83. The molecule has 31 heavy (non-hydrogen) atoms. The molecule has 3 atom stereocenters. The number of para-hydroxylation sites is 1. The number of hydrogen-bond donors (Lipinski definition) is 3. The van der Waals surface area contributed by atoms with Gasteiger partial charge >= 0.3 is 0 Å². The molecule has 2 amide bonds. The van der Waals surface area contributed by atoms with Crippen molar-refractivity contribution in [3.63, 3.8) is 0 Å². The molecule has 3 N–H and O–H groups in total. The van der Waals surface area contributed by atoms with Crippen LogP contribution in [0.15, 0.2) is 30.3 Å². The molecule has 2 aromatic rings. The molecule has 1 fully saturated rings. The molecule has 0 bridgehead atoms. The van der Waals surface area contributed by atoms with Gasteiger partial charge in [0.2, 0.25) is 5.91 Å². The van der Waals surface area contributed by atoms with E-state index in [-0.39, 0.29) is 30.4 Å². The number of aliphatic hydroxyl groups excluding tert-OH is 1. The molecule has 3 unspecified atom stereocenters. The summed E-state index contributed by atoms with van der Waals surface area (Å²) in [5.41, 5.74) is 1.37. The van der Waals surface area contributed by atoms with Gasteiger partial charge in [-0.25, -0.2) is 0 Å². The minimum Gasteiger partial charge on any atom is -0.395 e. The van der Waals surface area contributed by atoms with Gasteiger partial charge in [-0.2, -0.15) is 5.26 Å². The molecule has 1 saturated carbocycles. The van der Waals surface area contributed by atoms with E-state index in [0.717, 1.165) is 30.2 Å². The maximum Gasteiger partial charge on any atom is 0.268 e. The number of carbonyl (C=O) groups excluding carboxylic acids is 2. The number of nitrogens with one attached hydrogen (secondary N) is 2. The fourth-order valence-electron chi connectivity index (χ4n) is 4.49. The molecule has 1 heterocycles. The Morgan fingerprint density at radius 3 is 2.71 bits per heavy atom. The van der Waals surface area contributed by atoms with E-state index in [1.165, 1.54) is 0 Å². The highest BCUT2D eigenvalue weighted by molar-refractivity contribution is 5.99. The molecule has 0 spiro atoms. The monoisotopic (exact) mass is 424 g/mol. The van der Waals surface area contributed by atoms with Gasteiger partial charge in [-0.05, 0) is 37.3 Å². The average Bonchev–Trinajstić information content (AvgIpc) is 3.12. The summed E-state index contributed by atoms with van der Waals surface area (Å²) in [5.74, 6) is -0.446. The first-order valence-electron chi connectivity index (χ1n) is 11.1. The lowest BCUT2D eigenvalue weighted by Gasteiger charge is -2.32. The average molecular weight is 425 g/mol. The fraction of sp³-hybridized carbons (Fsp3) is 0.542. The van der Waals surface area contributed by atoms with E-state index in [2.05, 4.69) is 16.7 Å². The number of aliphatic hydroxyl groups is 1. The molecule has 0 aliphatic heterocycles. The second-order valence-corrected chi connectivity index (χ2v) is 8.75. The summed E-state index contributed by atoms with van der Waals surface area (Å²) >= 11 is 0. The first-order valence-corrected chi connectivity index (χ1v) is 11.1. The first kappa shape index (κ1) is 22.8. The molecule has 166 valence electrons. The van der Waals surface area contributed by atoms with Crippen molar-refractivity contribution in [1.82, 2.24) is 15.2 Å². The third-order valence-corrected chi connectivity index (χ3v) is 5.97. The van der Waals surface area contributed by atoms with Crippen LogP contribution in [-0.2, 0) is 11.3 Å². The Kier molecular flexibility index (Phi) is 7.69. The minimum absolute atomic E-state index is 0.0706. The number of amides is 2. The number of aromatic nitrogens is 1. The molecule has 7 heteroatoms. The van der Waals surface area contributed by atoms with E-state index in [1.807, 2.05) is 48.7 Å². The van der Waals surface area contributed by atoms with Crippen LogP contribution in [0.1, 0.15) is 56.4 Å². The van der Waals surface area contributed by atoms with Gasteiger partial charge < -0.3 is 20.3 Å². The van der Waals surface area contributed by atoms with Gasteiger partial charge in [0.1, 0.15) is 11.7 Å². The topological polar surface area (TPSA) is 107 Å². The van der Waals surface area contributed by atoms with Gasteiger partial charge in [0.15, 0.2) is 0 Å². The number of nitrogens with zero attached hydrogens (tertiary/aromatic N) is 2. The lowest BCUT2D eigenvalue weighted by Crippen LogP contribution is -2.50. The highest BCUT2D eigenvalue weighted by atomic mass is 16.3. The maximum absolute atomic E-state index is 13.2. The normalized spacial score (nSPS) is 19.7. The largest absolute Gasteiger partial charge is 0.395 e. The summed E-state index contributed by atoms with van der Waals surface area (Å²) in [7, 11) is 0. The van der Waals surface area contributed by atoms with Crippen molar-refractivity contribution in [1.29, 1.82) is 5.26 Å². The third kappa shape index (κ3) is 5.45. The Balaban J connectivity index is 1.76. The number of hydrogen-bond acceptors (Lipinski definition) is 4. The Bertz CT molecular complexity index is 959. The van der Waals surface area contributed by atoms with Gasteiger partial charge in [-0.3, -0.25) is 9.59 Å². The number of nitriles is 1. The highest BCUT2D eigenvalue weighted by Crippen LogP contribution is 2.26. The smallest absolute Gasteiger partial charge is 0.268 e. The van der Waals surface area contributed by atoms with Crippen LogP contribution in [0.4, 0.5) is 0 Å². The van der Waals surface area contributed by atoms with Gasteiger partial charge in [-0.1, -0.05) is 44.9 Å². The summed E-state index contributed by atoms with van der Waals surface area (Å²) in [5, 5.41) is 25.7. The second-order valence-electron chi connectivity index (χ2n) is 8.75. The molecule has 1 aliphatic carbocycles. The zero-order valence-corrected chi connectivity index (χ0v) is 18.3. The predicted molar refractivity (Wildman–Crippen MR) is 119 cm³/mol. The molecule has 0 radical (unpaired) electrons. The van der Waals surface area contributed by atoms with Crippen molar-refractivity contribution in [2.24, 2.45) is 11.8 Å². The summed E-state index contributed by atoms with van der Waals surface area (Å²) in [6.07, 6.45) is 3.90. The SMILES string of the molecule is CC(C)CC(C#N)NC(=O)C1CCCCC1NC(=O)c1cc2ccccc2n1CCO. The minimum atomic E-state index is -0.516. The van der Waals surface area contributed by atoms with Crippen molar-refractivity contribution in [3.8, 4) is 6.07 Å². The summed E-state index contributed by atoms with van der Waals surface area (Å²) in [6, 6.07) is 10.9. The molecule has 1 aromatic carbocycles. The predicted octanol–water partition coefficient (Wildman–Crippen LogP) is 2.98. The van der Waals surface area contributed by atoms with Crippen molar-refractivity contribution in [2.45, 2.75) is 64.6 Å². The van der Waals surface area contributed by atoms with Gasteiger partial charge in [-0.15, -0.1) is 0 Å². The van der Waals surface area contributed by atoms with E-state index in [9.17, 15) is 20.0 Å². The zero-order valence-electron chi connectivity index (χ0n) is 18.3. The molecular weight excluding hydrogens is 392 g/mol. The molecule has 7 nitrogen and oxygen atoms in total. The van der Waals surface area contributed by atoms with E-state index in [1.54, 1.807) is 0 Å². The molecule has 1 aromatic heterocycles. The Morgan fingerprint density at radius 1 is 1.26 bits per heavy atom. The van der Waals surface area contributed by atoms with Crippen LogP contribution in [0.25, 0.3) is 10.9 Å². The van der Waals surface area contributed by atoms with Crippen molar-refractivity contribution >= 4 is 22.7 Å². The zero-order chi connectivity index (χ0) is 22.4. The van der Waals surface area contributed by atoms with Crippen LogP contribution < -0.4 is 10.6 Å². The van der Waals surface area contributed by atoms with E-state index >= 15 is 0 Å². The van der Waals surface area contributed by atoms with Crippen LogP contribution in [0.5, 0.6) is 0 Å². The standard InChI is InChI=1S/C24H32N4O3/c1-16(2)13-18(15-25)26-23(30)19-8-4-5-9-20(19)27-24(31)22-14-17-7-3-6-10-21(17)28(22)11-12-29/h3,6-7,10,14,16,18-20,29H,4-5,8-9,11-13H2,1-2H3,(H,26,30)(H,27,31). The number of rotatable bonds is 8. The van der Waals surface area contributed by atoms with Gasteiger partial charge in [0, 0.05) is 23.5 Å². The fourth-order valence-corrected chi connectivity index (χ4v) is 4.49. The first-order chi connectivity index (χ1) is 14.9.